The van der Waals surface area contributed by atoms with Gasteiger partial charge in [0.1, 0.15) is 6.61 Å². The molecule has 11 heavy (non-hydrogen) atoms. The van der Waals surface area contributed by atoms with Gasteiger partial charge in [0.05, 0.1) is 0 Å². The lowest BCUT2D eigenvalue weighted by Crippen LogP contribution is -2.28. The highest BCUT2D eigenvalue weighted by Gasteiger charge is 2.34. The lowest BCUT2D eigenvalue weighted by atomic mass is 9.89. The van der Waals surface area contributed by atoms with Crippen molar-refractivity contribution in [3.05, 3.63) is 0 Å². The quantitative estimate of drug-likeness (QED) is 0.626. The molecule has 0 aliphatic heterocycles. The lowest BCUT2D eigenvalue weighted by molar-refractivity contribution is -0.0885. The first-order valence-electron chi connectivity index (χ1n) is 3.64. The van der Waals surface area contributed by atoms with Crippen LogP contribution in [0.1, 0.15) is 27.2 Å². The van der Waals surface area contributed by atoms with Crippen LogP contribution in [0, 0.1) is 5.41 Å². The average molecular weight is 166 g/mol. The van der Waals surface area contributed by atoms with Crippen molar-refractivity contribution >= 4 is 0 Å². The summed E-state index contributed by atoms with van der Waals surface area (Å²) in [5, 5.41) is 0. The van der Waals surface area contributed by atoms with Crippen molar-refractivity contribution in [2.75, 3.05) is 13.7 Å². The molecule has 68 valence electrons. The average Bonchev–Trinajstić information content (AvgIpc) is 1.55. The van der Waals surface area contributed by atoms with Crippen LogP contribution in [0.4, 0.5) is 8.78 Å². The number of hydrogen-bond acceptors (Lipinski definition) is 1. The van der Waals surface area contributed by atoms with E-state index in [0.29, 0.717) is 0 Å². The molecule has 0 radical (unpaired) electrons. The SMILES string of the molecule is COCC(F)(F)CC(C)(C)C. The molecule has 0 aromatic carbocycles. The van der Waals surface area contributed by atoms with Gasteiger partial charge in [-0.05, 0) is 5.41 Å². The first-order chi connectivity index (χ1) is 4.77. The third-order valence-electron chi connectivity index (χ3n) is 1.14. The Morgan fingerprint density at radius 2 is 1.64 bits per heavy atom. The number of hydrogen-bond donors (Lipinski definition) is 0. The van der Waals surface area contributed by atoms with Crippen molar-refractivity contribution in [3.63, 3.8) is 0 Å². The summed E-state index contributed by atoms with van der Waals surface area (Å²) in [7, 11) is 1.29. The van der Waals surface area contributed by atoms with Crippen LogP contribution >= 0.6 is 0 Å². The van der Waals surface area contributed by atoms with Crippen LogP contribution in [-0.2, 0) is 4.74 Å². The molecule has 0 aromatic heterocycles. The summed E-state index contributed by atoms with van der Waals surface area (Å²) in [5.41, 5.74) is -0.345. The van der Waals surface area contributed by atoms with Gasteiger partial charge in [-0.25, -0.2) is 8.78 Å². The number of halogens is 2. The number of ether oxygens (including phenoxy) is 1. The molecular weight excluding hydrogens is 150 g/mol. The minimum atomic E-state index is -2.69. The molecule has 0 aliphatic rings. The molecule has 0 rings (SSSR count). The number of methoxy groups -OCH3 is 1. The summed E-state index contributed by atoms with van der Waals surface area (Å²) >= 11 is 0. The molecule has 0 saturated heterocycles. The second-order valence-electron chi connectivity index (χ2n) is 4.03. The molecule has 0 saturated carbocycles. The molecule has 0 N–H and O–H groups in total. The zero-order valence-electron chi connectivity index (χ0n) is 7.58. The van der Waals surface area contributed by atoms with Crippen LogP contribution in [0.2, 0.25) is 0 Å². The van der Waals surface area contributed by atoms with Crippen LogP contribution in [0.5, 0.6) is 0 Å². The lowest BCUT2D eigenvalue weighted by Gasteiger charge is -2.24. The second kappa shape index (κ2) is 3.48. The van der Waals surface area contributed by atoms with Crippen molar-refractivity contribution < 1.29 is 13.5 Å². The minimum Gasteiger partial charge on any atom is -0.378 e. The maximum absolute atomic E-state index is 12.8. The van der Waals surface area contributed by atoms with E-state index in [4.69, 9.17) is 0 Å². The van der Waals surface area contributed by atoms with Crippen LogP contribution in [-0.4, -0.2) is 19.6 Å². The van der Waals surface area contributed by atoms with E-state index in [1.165, 1.54) is 7.11 Å². The van der Waals surface area contributed by atoms with Gasteiger partial charge >= 0.3 is 0 Å². The third-order valence-corrected chi connectivity index (χ3v) is 1.14. The molecule has 0 heterocycles. The van der Waals surface area contributed by atoms with Crippen LogP contribution in [0.3, 0.4) is 0 Å². The molecule has 0 bridgehead atoms. The van der Waals surface area contributed by atoms with Crippen molar-refractivity contribution in [1.29, 1.82) is 0 Å². The maximum atomic E-state index is 12.8. The molecule has 1 nitrogen and oxygen atoms in total. The molecule has 0 unspecified atom stereocenters. The molecule has 0 aliphatic carbocycles. The number of alkyl halides is 2. The summed E-state index contributed by atoms with van der Waals surface area (Å²) in [5.74, 6) is -2.69. The van der Waals surface area contributed by atoms with Crippen molar-refractivity contribution in [2.24, 2.45) is 5.41 Å². The Morgan fingerprint density at radius 3 is 1.91 bits per heavy atom. The monoisotopic (exact) mass is 166 g/mol. The summed E-state index contributed by atoms with van der Waals surface area (Å²) in [6, 6.07) is 0. The molecule has 0 aromatic rings. The van der Waals surface area contributed by atoms with E-state index in [-0.39, 0.29) is 11.8 Å². The fourth-order valence-electron chi connectivity index (χ4n) is 1.04. The topological polar surface area (TPSA) is 9.23 Å². The fraction of sp³-hybridized carbons (Fsp3) is 1.00. The van der Waals surface area contributed by atoms with Crippen molar-refractivity contribution in [1.82, 2.24) is 0 Å². The molecular formula is C8H16F2O. The van der Waals surface area contributed by atoms with E-state index in [2.05, 4.69) is 4.74 Å². The zero-order chi connectivity index (χ0) is 9.12. The predicted octanol–water partition coefficient (Wildman–Crippen LogP) is 2.70. The summed E-state index contributed by atoms with van der Waals surface area (Å²) in [6.07, 6.45) is -0.131. The van der Waals surface area contributed by atoms with Gasteiger partial charge in [0.2, 0.25) is 0 Å². The summed E-state index contributed by atoms with van der Waals surface area (Å²) < 4.78 is 30.0. The Kier molecular flexibility index (Phi) is 3.42. The Balaban J connectivity index is 3.91. The fourth-order valence-corrected chi connectivity index (χ4v) is 1.04. The van der Waals surface area contributed by atoms with E-state index in [0.717, 1.165) is 0 Å². The number of rotatable bonds is 3. The van der Waals surface area contributed by atoms with Gasteiger partial charge in [-0.3, -0.25) is 0 Å². The van der Waals surface area contributed by atoms with Crippen molar-refractivity contribution in [3.8, 4) is 0 Å². The van der Waals surface area contributed by atoms with Crippen molar-refractivity contribution in [2.45, 2.75) is 33.1 Å². The molecule has 0 fully saturated rings. The van der Waals surface area contributed by atoms with E-state index in [1.807, 2.05) is 0 Å². The van der Waals surface area contributed by atoms with E-state index in [9.17, 15) is 8.78 Å². The van der Waals surface area contributed by atoms with Gasteiger partial charge in [0.25, 0.3) is 5.92 Å². The largest absolute Gasteiger partial charge is 0.378 e. The highest BCUT2D eigenvalue weighted by molar-refractivity contribution is 4.74. The van der Waals surface area contributed by atoms with E-state index < -0.39 is 12.5 Å². The highest BCUT2D eigenvalue weighted by Crippen LogP contribution is 2.31. The molecule has 0 amide bonds. The highest BCUT2D eigenvalue weighted by atomic mass is 19.3. The molecule has 0 atom stereocenters. The predicted molar refractivity (Wildman–Crippen MR) is 40.9 cm³/mol. The standard InChI is InChI=1S/C8H16F2O/c1-7(2,3)5-8(9,10)6-11-4/h5-6H2,1-4H3. The van der Waals surface area contributed by atoms with Crippen LogP contribution in [0.25, 0.3) is 0 Å². The zero-order valence-corrected chi connectivity index (χ0v) is 7.58. The van der Waals surface area contributed by atoms with E-state index in [1.54, 1.807) is 20.8 Å². The molecule has 3 heteroatoms. The Bertz CT molecular complexity index is 116. The van der Waals surface area contributed by atoms with Gasteiger partial charge < -0.3 is 4.74 Å². The van der Waals surface area contributed by atoms with Gasteiger partial charge in [0, 0.05) is 13.5 Å². The Hall–Kier alpha value is -0.180. The van der Waals surface area contributed by atoms with Gasteiger partial charge in [-0.1, -0.05) is 20.8 Å². The maximum Gasteiger partial charge on any atom is 0.271 e. The Labute approximate surface area is 66.7 Å². The van der Waals surface area contributed by atoms with Gasteiger partial charge in [-0.15, -0.1) is 0 Å². The minimum absolute atomic E-state index is 0.131. The summed E-state index contributed by atoms with van der Waals surface area (Å²) in [4.78, 5) is 0. The second-order valence-corrected chi connectivity index (χ2v) is 4.03. The smallest absolute Gasteiger partial charge is 0.271 e. The Morgan fingerprint density at radius 1 is 1.18 bits per heavy atom. The third kappa shape index (κ3) is 6.23. The van der Waals surface area contributed by atoms with Gasteiger partial charge in [0.15, 0.2) is 0 Å². The van der Waals surface area contributed by atoms with E-state index >= 15 is 0 Å². The first-order valence-corrected chi connectivity index (χ1v) is 3.64. The first kappa shape index (κ1) is 10.8. The van der Waals surface area contributed by atoms with Crippen LogP contribution in [0.15, 0.2) is 0 Å². The van der Waals surface area contributed by atoms with Gasteiger partial charge in [-0.2, -0.15) is 0 Å². The molecule has 0 spiro atoms. The summed E-state index contributed by atoms with van der Waals surface area (Å²) in [6.45, 7) is 4.88. The van der Waals surface area contributed by atoms with Crippen LogP contribution < -0.4 is 0 Å². The normalized spacial score (nSPS) is 13.6.